The number of aromatic nitrogens is 2. The Bertz CT molecular complexity index is 1780. The summed E-state index contributed by atoms with van der Waals surface area (Å²) in [5.41, 5.74) is 5.10. The maximum absolute atomic E-state index is 4.84. The SMILES string of the molecule is [Ir].[c-]1ccc2ccccc2c1-c1ccccn1.[c-]1ccccc1-c1nc2ccccc2c2ccccc12. The molecule has 5 aromatic carbocycles. The van der Waals surface area contributed by atoms with Crippen molar-refractivity contribution in [2.45, 2.75) is 0 Å². The van der Waals surface area contributed by atoms with Gasteiger partial charge in [0.1, 0.15) is 0 Å². The van der Waals surface area contributed by atoms with Gasteiger partial charge in [-0.2, -0.15) is 0 Å². The Morgan fingerprint density at radius 1 is 0.514 bits per heavy atom. The van der Waals surface area contributed by atoms with Gasteiger partial charge in [-0.25, -0.2) is 0 Å². The van der Waals surface area contributed by atoms with Gasteiger partial charge in [-0.05, 0) is 34.3 Å². The van der Waals surface area contributed by atoms with E-state index in [0.717, 1.165) is 28.0 Å². The number of para-hydroxylation sites is 1. The van der Waals surface area contributed by atoms with Crippen LogP contribution < -0.4 is 0 Å². The van der Waals surface area contributed by atoms with E-state index < -0.39 is 0 Å². The molecular weight excluding hydrogens is 629 g/mol. The molecule has 0 unspecified atom stereocenters. The molecular formula is C34H22IrN2-2. The standard InChI is InChI=1S/C19H12N.C15H10N.Ir/c1-2-8-14(9-3-1)19-17-12-5-4-10-15(17)16-11-6-7-13-18(16)20-19;1-2-8-13-12(6-1)7-5-9-14(13)15-10-3-4-11-16-15;/h1-8,10-13H;1-8,10-11H;/q2*-1;. The summed E-state index contributed by atoms with van der Waals surface area (Å²) in [5.74, 6) is 0. The van der Waals surface area contributed by atoms with Crippen LogP contribution in [-0.4, -0.2) is 9.97 Å². The first-order valence-corrected chi connectivity index (χ1v) is 11.9. The van der Waals surface area contributed by atoms with Crippen molar-refractivity contribution in [3.63, 3.8) is 0 Å². The van der Waals surface area contributed by atoms with E-state index in [4.69, 9.17) is 4.98 Å². The molecule has 2 nitrogen and oxygen atoms in total. The van der Waals surface area contributed by atoms with Crippen molar-refractivity contribution in [3.05, 3.63) is 146 Å². The minimum atomic E-state index is 0. The summed E-state index contributed by atoms with van der Waals surface area (Å²) in [6.07, 6.45) is 1.81. The Labute approximate surface area is 230 Å². The number of pyridine rings is 2. The van der Waals surface area contributed by atoms with Crippen LogP contribution in [-0.2, 0) is 20.1 Å². The molecule has 3 heteroatoms. The summed E-state index contributed by atoms with van der Waals surface area (Å²) < 4.78 is 0. The molecule has 0 N–H and O–H groups in total. The van der Waals surface area contributed by atoms with E-state index in [9.17, 15) is 0 Å². The zero-order valence-corrected chi connectivity index (χ0v) is 22.3. The maximum atomic E-state index is 4.84. The van der Waals surface area contributed by atoms with Crippen molar-refractivity contribution in [1.82, 2.24) is 9.97 Å². The predicted octanol–water partition coefficient (Wildman–Crippen LogP) is 8.55. The van der Waals surface area contributed by atoms with E-state index >= 15 is 0 Å². The van der Waals surface area contributed by atoms with Gasteiger partial charge < -0.3 is 4.98 Å². The van der Waals surface area contributed by atoms with Crippen LogP contribution in [0.4, 0.5) is 0 Å². The van der Waals surface area contributed by atoms with E-state index in [1.807, 2.05) is 66.9 Å². The molecule has 0 spiro atoms. The molecule has 0 amide bonds. The summed E-state index contributed by atoms with van der Waals surface area (Å²) in [6.45, 7) is 0. The quantitative estimate of drug-likeness (QED) is 0.138. The fraction of sp³-hybridized carbons (Fsp3) is 0. The number of hydrogen-bond acceptors (Lipinski definition) is 2. The molecule has 0 fully saturated rings. The third kappa shape index (κ3) is 5.06. The molecule has 37 heavy (non-hydrogen) atoms. The Kier molecular flexibility index (Phi) is 7.46. The first-order chi connectivity index (χ1) is 17.9. The fourth-order valence-corrected chi connectivity index (χ4v) is 4.54. The van der Waals surface area contributed by atoms with Gasteiger partial charge in [0.25, 0.3) is 0 Å². The smallest absolute Gasteiger partial charge is 0.0601 e. The Hall–Kier alpha value is -4.17. The largest absolute Gasteiger partial charge is 0.305 e. The molecule has 0 saturated carbocycles. The topological polar surface area (TPSA) is 25.8 Å². The average Bonchev–Trinajstić information content (AvgIpc) is 2.98. The van der Waals surface area contributed by atoms with Crippen molar-refractivity contribution in [3.8, 4) is 22.5 Å². The van der Waals surface area contributed by atoms with Gasteiger partial charge in [0.05, 0.1) is 5.52 Å². The summed E-state index contributed by atoms with van der Waals surface area (Å²) in [6, 6.07) is 49.5. The minimum absolute atomic E-state index is 0. The van der Waals surface area contributed by atoms with Gasteiger partial charge in [-0.1, -0.05) is 84.2 Å². The van der Waals surface area contributed by atoms with Gasteiger partial charge in [-0.3, -0.25) is 4.98 Å². The molecule has 0 saturated heterocycles. The molecule has 0 aliphatic carbocycles. The number of nitrogens with zero attached hydrogens (tertiary/aromatic N) is 2. The van der Waals surface area contributed by atoms with Crippen LogP contribution in [0.2, 0.25) is 0 Å². The van der Waals surface area contributed by atoms with Crippen LogP contribution in [0.3, 0.4) is 0 Å². The molecule has 7 aromatic rings. The second kappa shape index (κ2) is 11.3. The van der Waals surface area contributed by atoms with Gasteiger partial charge in [0, 0.05) is 31.7 Å². The molecule has 0 bridgehead atoms. The van der Waals surface area contributed by atoms with Crippen molar-refractivity contribution < 1.29 is 20.1 Å². The van der Waals surface area contributed by atoms with Crippen LogP contribution in [0.1, 0.15) is 0 Å². The summed E-state index contributed by atoms with van der Waals surface area (Å²) in [4.78, 5) is 9.21. The van der Waals surface area contributed by atoms with E-state index in [0.29, 0.717) is 0 Å². The van der Waals surface area contributed by atoms with Gasteiger partial charge in [0.2, 0.25) is 0 Å². The Morgan fingerprint density at radius 2 is 1.22 bits per heavy atom. The number of benzene rings is 5. The van der Waals surface area contributed by atoms with Crippen LogP contribution in [0.5, 0.6) is 0 Å². The van der Waals surface area contributed by atoms with Crippen LogP contribution in [0.15, 0.2) is 134 Å². The van der Waals surface area contributed by atoms with Crippen LogP contribution in [0.25, 0.3) is 55.0 Å². The predicted molar refractivity (Wildman–Crippen MR) is 150 cm³/mol. The molecule has 0 aliphatic rings. The van der Waals surface area contributed by atoms with E-state index in [1.54, 1.807) is 0 Å². The summed E-state index contributed by atoms with van der Waals surface area (Å²) >= 11 is 0. The first kappa shape index (κ1) is 24.5. The van der Waals surface area contributed by atoms with E-state index in [1.165, 1.54) is 26.9 Å². The van der Waals surface area contributed by atoms with Gasteiger partial charge in [-0.15, -0.1) is 65.0 Å². The second-order valence-corrected chi connectivity index (χ2v) is 8.45. The molecule has 7 rings (SSSR count). The summed E-state index contributed by atoms with van der Waals surface area (Å²) in [7, 11) is 0. The molecule has 1 radical (unpaired) electrons. The first-order valence-electron chi connectivity index (χ1n) is 11.9. The van der Waals surface area contributed by atoms with E-state index in [2.05, 4.69) is 83.8 Å². The van der Waals surface area contributed by atoms with Crippen molar-refractivity contribution in [2.75, 3.05) is 0 Å². The molecule has 2 heterocycles. The zero-order valence-electron chi connectivity index (χ0n) is 19.9. The van der Waals surface area contributed by atoms with Gasteiger partial charge >= 0.3 is 0 Å². The molecule has 2 aromatic heterocycles. The third-order valence-corrected chi connectivity index (χ3v) is 6.21. The van der Waals surface area contributed by atoms with Crippen LogP contribution in [0, 0.1) is 12.1 Å². The molecule has 179 valence electrons. The maximum Gasteiger partial charge on any atom is 0.0601 e. The minimum Gasteiger partial charge on any atom is -0.305 e. The average molecular weight is 651 g/mol. The fourth-order valence-electron chi connectivity index (χ4n) is 4.54. The van der Waals surface area contributed by atoms with Crippen LogP contribution >= 0.6 is 0 Å². The molecule has 0 aliphatic heterocycles. The van der Waals surface area contributed by atoms with Gasteiger partial charge in [0.15, 0.2) is 0 Å². The van der Waals surface area contributed by atoms with Crippen molar-refractivity contribution in [2.24, 2.45) is 0 Å². The summed E-state index contributed by atoms with van der Waals surface area (Å²) in [5, 5.41) is 6.03. The molecule has 0 atom stereocenters. The third-order valence-electron chi connectivity index (χ3n) is 6.21. The van der Waals surface area contributed by atoms with Crippen molar-refractivity contribution >= 4 is 32.4 Å². The Balaban J connectivity index is 0.000000151. The number of hydrogen-bond donors (Lipinski definition) is 0. The normalized spacial score (nSPS) is 10.5. The number of fused-ring (bicyclic) bond motifs is 4. The second-order valence-electron chi connectivity index (χ2n) is 8.45. The monoisotopic (exact) mass is 651 g/mol. The Morgan fingerprint density at radius 3 is 2.00 bits per heavy atom. The van der Waals surface area contributed by atoms with Crippen molar-refractivity contribution in [1.29, 1.82) is 0 Å². The zero-order chi connectivity index (χ0) is 24.2. The van der Waals surface area contributed by atoms with E-state index in [-0.39, 0.29) is 20.1 Å². The number of rotatable bonds is 2.